The highest BCUT2D eigenvalue weighted by atomic mass is 32.2. The number of nitrogens with one attached hydrogen (secondary N) is 1. The minimum atomic E-state index is -4.39. The summed E-state index contributed by atoms with van der Waals surface area (Å²) in [5.74, 6) is -0.161. The van der Waals surface area contributed by atoms with Gasteiger partial charge in [0.1, 0.15) is 4.90 Å². The van der Waals surface area contributed by atoms with E-state index >= 15 is 0 Å². The molecule has 0 unspecified atom stereocenters. The van der Waals surface area contributed by atoms with E-state index in [1.54, 1.807) is 12.1 Å². The van der Waals surface area contributed by atoms with Crippen molar-refractivity contribution in [1.82, 2.24) is 4.83 Å². The van der Waals surface area contributed by atoms with Crippen molar-refractivity contribution in [3.05, 3.63) is 88.0 Å². The Bertz CT molecular complexity index is 1450. The molecular formula is C21H19N3O8S2. The summed E-state index contributed by atoms with van der Waals surface area (Å²) in [6, 6.07) is 14.7. The van der Waals surface area contributed by atoms with Gasteiger partial charge in [-0.05, 0) is 48.9 Å². The second-order valence-corrected chi connectivity index (χ2v) is 10.1. The Hall–Kier alpha value is -3.97. The lowest BCUT2D eigenvalue weighted by molar-refractivity contribution is -0.385. The Kier molecular flexibility index (Phi) is 7.17. The average molecular weight is 506 g/mol. The second kappa shape index (κ2) is 9.89. The van der Waals surface area contributed by atoms with Gasteiger partial charge < -0.3 is 8.92 Å². The highest BCUT2D eigenvalue weighted by molar-refractivity contribution is 7.89. The summed E-state index contributed by atoms with van der Waals surface area (Å²) in [5.41, 5.74) is 0.879. The highest BCUT2D eigenvalue weighted by Gasteiger charge is 2.22. The van der Waals surface area contributed by atoms with Crippen LogP contribution in [0.5, 0.6) is 11.5 Å². The molecule has 0 saturated heterocycles. The van der Waals surface area contributed by atoms with Crippen LogP contribution in [0, 0.1) is 17.0 Å². The maximum atomic E-state index is 12.6. The summed E-state index contributed by atoms with van der Waals surface area (Å²) in [6.07, 6.45) is 1.20. The van der Waals surface area contributed by atoms with Crippen molar-refractivity contribution >= 4 is 32.0 Å². The van der Waals surface area contributed by atoms with Crippen LogP contribution in [-0.2, 0) is 20.1 Å². The lowest BCUT2D eigenvalue weighted by atomic mass is 10.2. The first-order valence-corrected chi connectivity index (χ1v) is 12.4. The molecule has 0 aliphatic carbocycles. The van der Waals surface area contributed by atoms with E-state index in [4.69, 9.17) is 8.92 Å². The first kappa shape index (κ1) is 24.7. The van der Waals surface area contributed by atoms with Gasteiger partial charge in [0.15, 0.2) is 11.5 Å². The van der Waals surface area contributed by atoms with Gasteiger partial charge in [0, 0.05) is 12.1 Å². The minimum Gasteiger partial charge on any atom is -0.493 e. The number of ether oxygens (including phenoxy) is 1. The van der Waals surface area contributed by atoms with E-state index in [1.807, 2.05) is 6.92 Å². The molecule has 0 heterocycles. The van der Waals surface area contributed by atoms with Crippen LogP contribution < -0.4 is 13.8 Å². The fraction of sp³-hybridized carbons (Fsp3) is 0.0952. The van der Waals surface area contributed by atoms with E-state index in [9.17, 15) is 26.9 Å². The van der Waals surface area contributed by atoms with Crippen LogP contribution in [0.1, 0.15) is 11.1 Å². The first-order chi connectivity index (χ1) is 16.0. The van der Waals surface area contributed by atoms with Gasteiger partial charge in [-0.2, -0.15) is 21.9 Å². The Morgan fingerprint density at radius 3 is 2.29 bits per heavy atom. The first-order valence-electron chi connectivity index (χ1n) is 9.50. The molecule has 3 aromatic carbocycles. The Labute approximate surface area is 196 Å². The smallest absolute Gasteiger partial charge is 0.339 e. The number of hydrogen-bond acceptors (Lipinski definition) is 9. The van der Waals surface area contributed by atoms with E-state index in [2.05, 4.69) is 9.93 Å². The maximum absolute atomic E-state index is 12.6. The number of nitrogens with zero attached hydrogens (tertiary/aromatic N) is 2. The van der Waals surface area contributed by atoms with Gasteiger partial charge in [-0.25, -0.2) is 4.83 Å². The van der Waals surface area contributed by atoms with Crippen LogP contribution in [0.2, 0.25) is 0 Å². The van der Waals surface area contributed by atoms with Crippen molar-refractivity contribution in [2.75, 3.05) is 7.11 Å². The fourth-order valence-electron chi connectivity index (χ4n) is 2.69. The van der Waals surface area contributed by atoms with Gasteiger partial charge in [-0.15, -0.1) is 0 Å². The third-order valence-electron chi connectivity index (χ3n) is 4.42. The molecule has 34 heavy (non-hydrogen) atoms. The van der Waals surface area contributed by atoms with E-state index in [-0.39, 0.29) is 16.4 Å². The van der Waals surface area contributed by atoms with Gasteiger partial charge in [0.2, 0.25) is 0 Å². The number of hydrazone groups is 1. The molecule has 0 fully saturated rings. The Balaban J connectivity index is 1.78. The lowest BCUT2D eigenvalue weighted by Gasteiger charge is -2.11. The standard InChI is InChI=1S/C21H19N3O8S2/c1-15-6-9-18(10-7-15)33(27,28)23-22-14-16-8-11-20(21(12-16)31-2)32-34(29,30)19-5-3-4-17(13-19)24(25)26/h3-14,23H,1-2H3/b22-14-. The molecule has 0 spiro atoms. The SMILES string of the molecule is COc1cc(/C=N\NS(=O)(=O)c2ccc(C)cc2)ccc1OS(=O)(=O)c1cccc([N+](=O)[O-])c1. The number of aryl methyl sites for hydroxylation is 1. The van der Waals surface area contributed by atoms with Crippen LogP contribution in [0.15, 0.2) is 81.6 Å². The van der Waals surface area contributed by atoms with Crippen molar-refractivity contribution in [2.24, 2.45) is 5.10 Å². The highest BCUT2D eigenvalue weighted by Crippen LogP contribution is 2.31. The molecule has 0 aromatic heterocycles. The van der Waals surface area contributed by atoms with Crippen molar-refractivity contribution in [2.45, 2.75) is 16.7 Å². The van der Waals surface area contributed by atoms with Gasteiger partial charge >= 0.3 is 10.1 Å². The molecule has 0 saturated carbocycles. The number of sulfonamides is 1. The maximum Gasteiger partial charge on any atom is 0.339 e. The van der Waals surface area contributed by atoms with Crippen molar-refractivity contribution in [1.29, 1.82) is 0 Å². The number of hydrogen-bond donors (Lipinski definition) is 1. The molecule has 0 atom stereocenters. The normalized spacial score (nSPS) is 11.8. The summed E-state index contributed by atoms with van der Waals surface area (Å²) in [4.78, 5) is 11.9. The summed E-state index contributed by atoms with van der Waals surface area (Å²) in [7, 11) is -6.98. The van der Waals surface area contributed by atoms with E-state index in [1.165, 1.54) is 49.7 Å². The molecule has 3 rings (SSSR count). The van der Waals surface area contributed by atoms with Crippen LogP contribution in [0.3, 0.4) is 0 Å². The van der Waals surface area contributed by atoms with Crippen LogP contribution in [-0.4, -0.2) is 35.1 Å². The van der Waals surface area contributed by atoms with Gasteiger partial charge in [0.25, 0.3) is 15.7 Å². The number of nitro groups is 1. The predicted molar refractivity (Wildman–Crippen MR) is 123 cm³/mol. The molecule has 11 nitrogen and oxygen atoms in total. The van der Waals surface area contributed by atoms with Gasteiger partial charge in [-0.3, -0.25) is 10.1 Å². The monoisotopic (exact) mass is 505 g/mol. The second-order valence-electron chi connectivity index (χ2n) is 6.87. The molecule has 13 heteroatoms. The fourth-order valence-corrected chi connectivity index (χ4v) is 4.46. The van der Waals surface area contributed by atoms with Gasteiger partial charge in [0.05, 0.1) is 23.1 Å². The van der Waals surface area contributed by atoms with Crippen LogP contribution >= 0.6 is 0 Å². The molecule has 0 radical (unpaired) electrons. The molecule has 0 bridgehead atoms. The zero-order chi connectivity index (χ0) is 24.9. The molecule has 1 N–H and O–H groups in total. The van der Waals surface area contributed by atoms with E-state index < -0.39 is 35.6 Å². The molecule has 0 aliphatic heterocycles. The molecule has 0 aliphatic rings. The third kappa shape index (κ3) is 5.88. The molecule has 0 amide bonds. The lowest BCUT2D eigenvalue weighted by Crippen LogP contribution is -2.18. The summed E-state index contributed by atoms with van der Waals surface area (Å²) in [6.45, 7) is 1.83. The summed E-state index contributed by atoms with van der Waals surface area (Å²) >= 11 is 0. The largest absolute Gasteiger partial charge is 0.493 e. The van der Waals surface area contributed by atoms with Crippen molar-refractivity contribution < 1.29 is 30.7 Å². The molecule has 3 aromatic rings. The van der Waals surface area contributed by atoms with E-state index in [0.717, 1.165) is 23.8 Å². The molecular weight excluding hydrogens is 486 g/mol. The average Bonchev–Trinajstić information content (AvgIpc) is 2.80. The van der Waals surface area contributed by atoms with Crippen molar-refractivity contribution in [3.63, 3.8) is 0 Å². The zero-order valence-corrected chi connectivity index (χ0v) is 19.5. The van der Waals surface area contributed by atoms with Gasteiger partial charge in [-0.1, -0.05) is 23.8 Å². The van der Waals surface area contributed by atoms with Crippen molar-refractivity contribution in [3.8, 4) is 11.5 Å². The van der Waals surface area contributed by atoms with Crippen LogP contribution in [0.4, 0.5) is 5.69 Å². The number of non-ortho nitro benzene ring substituents is 1. The minimum absolute atomic E-state index is 0.0133. The number of methoxy groups -OCH3 is 1. The predicted octanol–water partition coefficient (Wildman–Crippen LogP) is 2.99. The summed E-state index contributed by atoms with van der Waals surface area (Å²) < 4.78 is 60.0. The molecule has 178 valence electrons. The summed E-state index contributed by atoms with van der Waals surface area (Å²) in [5, 5.41) is 14.6. The van der Waals surface area contributed by atoms with E-state index in [0.29, 0.717) is 5.56 Å². The number of nitro benzene ring substituents is 1. The number of rotatable bonds is 9. The zero-order valence-electron chi connectivity index (χ0n) is 17.9. The Morgan fingerprint density at radius 2 is 1.65 bits per heavy atom. The number of benzene rings is 3. The quantitative estimate of drug-likeness (QED) is 0.201. The Morgan fingerprint density at radius 1 is 0.941 bits per heavy atom. The topological polar surface area (TPSA) is 154 Å². The third-order valence-corrected chi connectivity index (χ3v) is 6.89. The van der Waals surface area contributed by atoms with Crippen LogP contribution in [0.25, 0.3) is 0 Å².